The number of hydrogen-bond donors (Lipinski definition) is 1. The highest BCUT2D eigenvalue weighted by atomic mass is 79.9. The Kier molecular flexibility index (Phi) is 5.03. The van der Waals surface area contributed by atoms with Crippen molar-refractivity contribution >= 4 is 38.9 Å². The second-order valence-corrected chi connectivity index (χ2v) is 5.60. The van der Waals surface area contributed by atoms with Crippen LogP contribution in [-0.4, -0.2) is 12.0 Å². The Labute approximate surface area is 135 Å². The zero-order valence-corrected chi connectivity index (χ0v) is 13.4. The van der Waals surface area contributed by atoms with Gasteiger partial charge < -0.3 is 10.1 Å². The van der Waals surface area contributed by atoms with Crippen molar-refractivity contribution in [3.8, 4) is 5.75 Å². The van der Waals surface area contributed by atoms with Crippen molar-refractivity contribution < 1.29 is 9.66 Å². The lowest BCUT2D eigenvalue weighted by atomic mass is 10.2. The Balaban J connectivity index is 2.15. The quantitative estimate of drug-likeness (QED) is 0.614. The maximum Gasteiger partial charge on any atom is 0.288 e. The molecule has 0 aliphatic rings. The standard InChI is InChI=1S/C14H12BrClN2O3/c1-21-12-6-10(15)5-11(7-12)17-8-9-2-3-13(16)14(4-9)18(19)20/h2-7,17H,8H2,1H3. The summed E-state index contributed by atoms with van der Waals surface area (Å²) in [5.74, 6) is 0.717. The largest absolute Gasteiger partial charge is 0.497 e. The molecule has 0 heterocycles. The third kappa shape index (κ3) is 4.09. The topological polar surface area (TPSA) is 64.4 Å². The second-order valence-electron chi connectivity index (χ2n) is 4.28. The van der Waals surface area contributed by atoms with E-state index < -0.39 is 4.92 Å². The fourth-order valence-electron chi connectivity index (χ4n) is 1.79. The van der Waals surface area contributed by atoms with Crippen molar-refractivity contribution in [3.05, 3.63) is 61.6 Å². The average Bonchev–Trinajstić information content (AvgIpc) is 2.45. The zero-order valence-electron chi connectivity index (χ0n) is 11.1. The van der Waals surface area contributed by atoms with Crippen LogP contribution in [0.1, 0.15) is 5.56 Å². The second kappa shape index (κ2) is 6.78. The van der Waals surface area contributed by atoms with Crippen LogP contribution >= 0.6 is 27.5 Å². The Morgan fingerprint density at radius 2 is 2.10 bits per heavy atom. The minimum absolute atomic E-state index is 0.0946. The Bertz CT molecular complexity index is 679. The molecule has 0 saturated heterocycles. The summed E-state index contributed by atoms with van der Waals surface area (Å²) in [7, 11) is 1.59. The Morgan fingerprint density at radius 1 is 1.33 bits per heavy atom. The van der Waals surface area contributed by atoms with E-state index in [1.165, 1.54) is 12.1 Å². The number of benzene rings is 2. The molecule has 1 N–H and O–H groups in total. The lowest BCUT2D eigenvalue weighted by molar-refractivity contribution is -0.384. The SMILES string of the molecule is COc1cc(Br)cc(NCc2ccc(Cl)c([N+](=O)[O-])c2)c1. The van der Waals surface area contributed by atoms with E-state index in [9.17, 15) is 10.1 Å². The van der Waals surface area contributed by atoms with Crippen molar-refractivity contribution in [2.75, 3.05) is 12.4 Å². The molecule has 5 nitrogen and oxygen atoms in total. The molecule has 0 atom stereocenters. The van der Waals surface area contributed by atoms with Gasteiger partial charge in [0.15, 0.2) is 0 Å². The first kappa shape index (κ1) is 15.6. The summed E-state index contributed by atoms with van der Waals surface area (Å²) in [6.45, 7) is 0.442. The van der Waals surface area contributed by atoms with Crippen molar-refractivity contribution in [2.45, 2.75) is 6.54 Å². The minimum Gasteiger partial charge on any atom is -0.497 e. The Hall–Kier alpha value is -1.79. The third-order valence-electron chi connectivity index (χ3n) is 2.81. The predicted octanol–water partition coefficient (Wildman–Crippen LogP) is 4.63. The molecule has 0 aromatic heterocycles. The summed E-state index contributed by atoms with van der Waals surface area (Å²) in [6.07, 6.45) is 0. The molecule has 0 unspecified atom stereocenters. The van der Waals surface area contributed by atoms with Crippen LogP contribution in [0.25, 0.3) is 0 Å². The first-order chi connectivity index (χ1) is 9.99. The number of ether oxygens (including phenoxy) is 1. The van der Waals surface area contributed by atoms with E-state index in [1.807, 2.05) is 18.2 Å². The molecule has 0 aliphatic carbocycles. The van der Waals surface area contributed by atoms with Crippen LogP contribution in [0, 0.1) is 10.1 Å². The number of anilines is 1. The van der Waals surface area contributed by atoms with E-state index in [-0.39, 0.29) is 10.7 Å². The van der Waals surface area contributed by atoms with Gasteiger partial charge in [0.2, 0.25) is 0 Å². The van der Waals surface area contributed by atoms with Crippen LogP contribution in [0.15, 0.2) is 40.9 Å². The van der Waals surface area contributed by atoms with E-state index in [0.717, 1.165) is 15.7 Å². The summed E-state index contributed by atoms with van der Waals surface area (Å²) in [5.41, 5.74) is 1.52. The van der Waals surface area contributed by atoms with Gasteiger partial charge in [0.05, 0.1) is 12.0 Å². The van der Waals surface area contributed by atoms with E-state index in [2.05, 4.69) is 21.2 Å². The van der Waals surface area contributed by atoms with E-state index in [0.29, 0.717) is 12.3 Å². The molecule has 7 heteroatoms. The smallest absolute Gasteiger partial charge is 0.288 e. The fraction of sp³-hybridized carbons (Fsp3) is 0.143. The number of rotatable bonds is 5. The highest BCUT2D eigenvalue weighted by molar-refractivity contribution is 9.10. The number of hydrogen-bond acceptors (Lipinski definition) is 4. The minimum atomic E-state index is -0.492. The molecule has 0 fully saturated rings. The van der Waals surface area contributed by atoms with Gasteiger partial charge in [-0.05, 0) is 23.8 Å². The maximum atomic E-state index is 10.9. The van der Waals surface area contributed by atoms with Crippen LogP contribution in [0.2, 0.25) is 5.02 Å². The molecule has 21 heavy (non-hydrogen) atoms. The number of nitro groups is 1. The third-order valence-corrected chi connectivity index (χ3v) is 3.59. The average molecular weight is 372 g/mol. The maximum absolute atomic E-state index is 10.9. The van der Waals surface area contributed by atoms with Gasteiger partial charge in [-0.1, -0.05) is 33.6 Å². The van der Waals surface area contributed by atoms with E-state index in [4.69, 9.17) is 16.3 Å². The molecular weight excluding hydrogens is 360 g/mol. The highest BCUT2D eigenvalue weighted by Gasteiger charge is 2.12. The van der Waals surface area contributed by atoms with Gasteiger partial charge in [-0.3, -0.25) is 10.1 Å². The fourth-order valence-corrected chi connectivity index (χ4v) is 2.45. The summed E-state index contributed by atoms with van der Waals surface area (Å²) in [6, 6.07) is 10.3. The van der Waals surface area contributed by atoms with Crippen LogP contribution in [-0.2, 0) is 6.54 Å². The molecule has 110 valence electrons. The van der Waals surface area contributed by atoms with Crippen molar-refractivity contribution in [1.82, 2.24) is 0 Å². The van der Waals surface area contributed by atoms with Gasteiger partial charge in [-0.15, -0.1) is 0 Å². The van der Waals surface area contributed by atoms with Crippen LogP contribution in [0.3, 0.4) is 0 Å². The predicted molar refractivity (Wildman–Crippen MR) is 86.1 cm³/mol. The molecule has 0 aliphatic heterocycles. The van der Waals surface area contributed by atoms with E-state index in [1.54, 1.807) is 13.2 Å². The van der Waals surface area contributed by atoms with Crippen molar-refractivity contribution in [2.24, 2.45) is 0 Å². The Morgan fingerprint density at radius 3 is 2.76 bits per heavy atom. The monoisotopic (exact) mass is 370 g/mol. The van der Waals surface area contributed by atoms with E-state index >= 15 is 0 Å². The van der Waals surface area contributed by atoms with Gasteiger partial charge in [0.1, 0.15) is 10.8 Å². The molecule has 0 spiro atoms. The van der Waals surface area contributed by atoms with Crippen molar-refractivity contribution in [3.63, 3.8) is 0 Å². The molecule has 0 amide bonds. The summed E-state index contributed by atoms with van der Waals surface area (Å²) in [5, 5.41) is 14.2. The summed E-state index contributed by atoms with van der Waals surface area (Å²) in [4.78, 5) is 10.4. The van der Waals surface area contributed by atoms with Gasteiger partial charge in [0, 0.05) is 28.8 Å². The molecule has 0 bridgehead atoms. The van der Waals surface area contributed by atoms with Gasteiger partial charge >= 0.3 is 0 Å². The number of methoxy groups -OCH3 is 1. The first-order valence-corrected chi connectivity index (χ1v) is 7.18. The molecular formula is C14H12BrClN2O3. The number of nitrogens with one attached hydrogen (secondary N) is 1. The number of nitro benzene ring substituents is 1. The molecule has 0 radical (unpaired) electrons. The first-order valence-electron chi connectivity index (χ1n) is 6.01. The molecule has 2 rings (SSSR count). The van der Waals surface area contributed by atoms with Crippen LogP contribution < -0.4 is 10.1 Å². The molecule has 0 saturated carbocycles. The zero-order chi connectivity index (χ0) is 15.4. The molecule has 2 aromatic carbocycles. The van der Waals surface area contributed by atoms with Gasteiger partial charge in [-0.2, -0.15) is 0 Å². The van der Waals surface area contributed by atoms with Gasteiger partial charge in [-0.25, -0.2) is 0 Å². The number of nitrogens with zero attached hydrogens (tertiary/aromatic N) is 1. The lowest BCUT2D eigenvalue weighted by Crippen LogP contribution is -2.01. The van der Waals surface area contributed by atoms with Crippen molar-refractivity contribution in [1.29, 1.82) is 0 Å². The van der Waals surface area contributed by atoms with Crippen LogP contribution in [0.5, 0.6) is 5.75 Å². The lowest BCUT2D eigenvalue weighted by Gasteiger charge is -2.09. The normalized spacial score (nSPS) is 10.2. The highest BCUT2D eigenvalue weighted by Crippen LogP contribution is 2.27. The van der Waals surface area contributed by atoms with Crippen LogP contribution in [0.4, 0.5) is 11.4 Å². The molecule has 2 aromatic rings. The summed E-state index contributed by atoms with van der Waals surface area (Å²) >= 11 is 9.18. The van der Waals surface area contributed by atoms with Gasteiger partial charge in [0.25, 0.3) is 5.69 Å². The number of halogens is 2. The summed E-state index contributed by atoms with van der Waals surface area (Å²) < 4.78 is 6.06.